The molecule has 3 aromatic rings. The second-order valence-corrected chi connectivity index (χ2v) is 5.67. The van der Waals surface area contributed by atoms with Crippen molar-refractivity contribution in [1.29, 1.82) is 0 Å². The highest BCUT2D eigenvalue weighted by atomic mass is 32.1. The Kier molecular flexibility index (Phi) is 4.86. The zero-order valence-electron chi connectivity index (χ0n) is 13.6. The van der Waals surface area contributed by atoms with Crippen LogP contribution < -0.4 is 4.74 Å². The van der Waals surface area contributed by atoms with Crippen molar-refractivity contribution in [1.82, 2.24) is 14.9 Å². The van der Waals surface area contributed by atoms with Crippen molar-refractivity contribution in [3.63, 3.8) is 0 Å². The van der Waals surface area contributed by atoms with Crippen molar-refractivity contribution in [3.8, 4) is 17.1 Å². The molecule has 5 nitrogen and oxygen atoms in total. The SMILES string of the molecule is CCOc1ccc(C=Nn2c(-c3cccc(C)c3)n[nH]c2=S)cc1. The first kappa shape index (κ1) is 16.1. The number of aryl methyl sites for hydroxylation is 1. The van der Waals surface area contributed by atoms with Gasteiger partial charge in [0.25, 0.3) is 0 Å². The number of ether oxygens (including phenoxy) is 1. The van der Waals surface area contributed by atoms with Gasteiger partial charge in [0.15, 0.2) is 5.82 Å². The third-order valence-corrected chi connectivity index (χ3v) is 3.70. The van der Waals surface area contributed by atoms with Crippen LogP contribution in [0.3, 0.4) is 0 Å². The van der Waals surface area contributed by atoms with Crippen LogP contribution in [0.5, 0.6) is 5.75 Å². The molecule has 2 aromatic carbocycles. The number of hydrogen-bond donors (Lipinski definition) is 1. The van der Waals surface area contributed by atoms with E-state index in [0.717, 1.165) is 22.4 Å². The summed E-state index contributed by atoms with van der Waals surface area (Å²) in [5.74, 6) is 1.53. The summed E-state index contributed by atoms with van der Waals surface area (Å²) in [4.78, 5) is 0. The molecule has 0 amide bonds. The van der Waals surface area contributed by atoms with Crippen molar-refractivity contribution in [2.24, 2.45) is 5.10 Å². The molecular weight excluding hydrogens is 320 g/mol. The Morgan fingerprint density at radius 3 is 2.75 bits per heavy atom. The van der Waals surface area contributed by atoms with Gasteiger partial charge in [0.1, 0.15) is 5.75 Å². The molecule has 3 rings (SSSR count). The summed E-state index contributed by atoms with van der Waals surface area (Å²) in [6.45, 7) is 4.65. The van der Waals surface area contributed by atoms with Crippen LogP contribution >= 0.6 is 12.2 Å². The van der Waals surface area contributed by atoms with Crippen LogP contribution in [0.15, 0.2) is 53.6 Å². The molecule has 0 unspecified atom stereocenters. The summed E-state index contributed by atoms with van der Waals surface area (Å²) in [5, 5.41) is 11.6. The molecule has 0 aliphatic carbocycles. The van der Waals surface area contributed by atoms with Gasteiger partial charge in [0, 0.05) is 5.56 Å². The van der Waals surface area contributed by atoms with Gasteiger partial charge >= 0.3 is 0 Å². The van der Waals surface area contributed by atoms with Gasteiger partial charge < -0.3 is 4.74 Å². The minimum absolute atomic E-state index is 0.452. The summed E-state index contributed by atoms with van der Waals surface area (Å²) < 4.78 is 7.52. The lowest BCUT2D eigenvalue weighted by molar-refractivity contribution is 0.340. The second-order valence-electron chi connectivity index (χ2n) is 5.28. The molecule has 0 bridgehead atoms. The fourth-order valence-corrected chi connectivity index (χ4v) is 2.49. The number of H-pyrrole nitrogens is 1. The Hall–Kier alpha value is -2.73. The summed E-state index contributed by atoms with van der Waals surface area (Å²) in [7, 11) is 0. The Labute approximate surface area is 145 Å². The van der Waals surface area contributed by atoms with E-state index in [1.165, 1.54) is 0 Å². The van der Waals surface area contributed by atoms with Crippen LogP contribution in [0, 0.1) is 11.7 Å². The van der Waals surface area contributed by atoms with E-state index in [1.807, 2.05) is 62.4 Å². The summed E-state index contributed by atoms with van der Waals surface area (Å²) in [6, 6.07) is 15.8. The normalized spacial score (nSPS) is 11.1. The number of hydrogen-bond acceptors (Lipinski definition) is 4. The molecule has 0 saturated heterocycles. The molecule has 1 heterocycles. The van der Waals surface area contributed by atoms with Crippen LogP contribution in [0.4, 0.5) is 0 Å². The van der Waals surface area contributed by atoms with Crippen molar-refractivity contribution < 1.29 is 4.74 Å². The number of nitrogens with one attached hydrogen (secondary N) is 1. The van der Waals surface area contributed by atoms with Crippen LogP contribution in [0.25, 0.3) is 11.4 Å². The average molecular weight is 338 g/mol. The van der Waals surface area contributed by atoms with Crippen LogP contribution in [0.2, 0.25) is 0 Å². The topological polar surface area (TPSA) is 55.2 Å². The van der Waals surface area contributed by atoms with Gasteiger partial charge in [-0.3, -0.25) is 0 Å². The monoisotopic (exact) mass is 338 g/mol. The third-order valence-electron chi connectivity index (χ3n) is 3.44. The molecule has 122 valence electrons. The standard InChI is InChI=1S/C18H18N4OS/c1-3-23-16-9-7-14(8-10-16)12-19-22-17(20-21-18(22)24)15-6-4-5-13(2)11-15/h4-12H,3H2,1-2H3,(H,21,24). The van der Waals surface area contributed by atoms with Crippen LogP contribution in [0.1, 0.15) is 18.1 Å². The van der Waals surface area contributed by atoms with Gasteiger partial charge in [-0.1, -0.05) is 23.8 Å². The summed E-state index contributed by atoms with van der Waals surface area (Å²) in [5.41, 5.74) is 3.08. The van der Waals surface area contributed by atoms with Crippen LogP contribution in [-0.4, -0.2) is 27.7 Å². The van der Waals surface area contributed by atoms with Crippen molar-refractivity contribution in [3.05, 3.63) is 64.4 Å². The van der Waals surface area contributed by atoms with Crippen LogP contribution in [-0.2, 0) is 0 Å². The maximum atomic E-state index is 5.44. The highest BCUT2D eigenvalue weighted by Crippen LogP contribution is 2.18. The minimum atomic E-state index is 0.452. The predicted molar refractivity (Wildman–Crippen MR) is 98.2 cm³/mol. The maximum absolute atomic E-state index is 5.44. The predicted octanol–water partition coefficient (Wildman–Crippen LogP) is 4.20. The van der Waals surface area contributed by atoms with E-state index < -0.39 is 0 Å². The number of rotatable bonds is 5. The summed E-state index contributed by atoms with van der Waals surface area (Å²) >= 11 is 5.29. The molecule has 1 N–H and O–H groups in total. The van der Waals surface area contributed by atoms with E-state index >= 15 is 0 Å². The minimum Gasteiger partial charge on any atom is -0.494 e. The fraction of sp³-hybridized carbons (Fsp3) is 0.167. The molecule has 0 spiro atoms. The van der Waals surface area contributed by atoms with Crippen molar-refractivity contribution in [2.45, 2.75) is 13.8 Å². The zero-order chi connectivity index (χ0) is 16.9. The molecule has 24 heavy (non-hydrogen) atoms. The number of aromatic nitrogens is 3. The van der Waals surface area contributed by atoms with Crippen molar-refractivity contribution in [2.75, 3.05) is 6.61 Å². The first-order valence-corrected chi connectivity index (χ1v) is 8.10. The molecule has 0 aliphatic heterocycles. The highest BCUT2D eigenvalue weighted by molar-refractivity contribution is 7.71. The van der Waals surface area contributed by atoms with Gasteiger partial charge in [-0.15, -0.1) is 0 Å². The number of nitrogens with zero attached hydrogens (tertiary/aromatic N) is 3. The van der Waals surface area contributed by atoms with Gasteiger partial charge in [-0.25, -0.2) is 5.10 Å². The van der Waals surface area contributed by atoms with Gasteiger partial charge in [-0.2, -0.15) is 14.9 Å². The Balaban J connectivity index is 1.90. The third kappa shape index (κ3) is 3.60. The van der Waals surface area contributed by atoms with Gasteiger partial charge in [0.2, 0.25) is 4.77 Å². The van der Waals surface area contributed by atoms with Crippen molar-refractivity contribution >= 4 is 18.4 Å². The molecular formula is C18H18N4OS. The first-order valence-electron chi connectivity index (χ1n) is 7.69. The zero-order valence-corrected chi connectivity index (χ0v) is 14.4. The first-order chi connectivity index (χ1) is 11.7. The Bertz CT molecular complexity index is 909. The highest BCUT2D eigenvalue weighted by Gasteiger charge is 2.07. The number of benzene rings is 2. The lowest BCUT2D eigenvalue weighted by Gasteiger charge is -2.03. The molecule has 6 heteroatoms. The average Bonchev–Trinajstić information content (AvgIpc) is 2.95. The molecule has 0 radical (unpaired) electrons. The van der Waals surface area contributed by atoms with Gasteiger partial charge in [-0.05, 0) is 62.0 Å². The number of aromatic amines is 1. The molecule has 0 atom stereocenters. The van der Waals surface area contributed by atoms with E-state index in [9.17, 15) is 0 Å². The molecule has 0 saturated carbocycles. The van der Waals surface area contributed by atoms with E-state index in [4.69, 9.17) is 17.0 Å². The molecule has 1 aromatic heterocycles. The van der Waals surface area contributed by atoms with E-state index in [0.29, 0.717) is 17.2 Å². The lowest BCUT2D eigenvalue weighted by Crippen LogP contribution is -1.96. The Morgan fingerprint density at radius 2 is 2.04 bits per heavy atom. The molecule has 0 fully saturated rings. The van der Waals surface area contributed by atoms with E-state index in [1.54, 1.807) is 10.9 Å². The molecule has 0 aliphatic rings. The van der Waals surface area contributed by atoms with E-state index in [-0.39, 0.29) is 0 Å². The van der Waals surface area contributed by atoms with Gasteiger partial charge in [0.05, 0.1) is 12.8 Å². The summed E-state index contributed by atoms with van der Waals surface area (Å²) in [6.07, 6.45) is 1.75. The smallest absolute Gasteiger partial charge is 0.216 e. The maximum Gasteiger partial charge on any atom is 0.216 e. The second kappa shape index (κ2) is 7.23. The Morgan fingerprint density at radius 1 is 1.25 bits per heavy atom. The largest absolute Gasteiger partial charge is 0.494 e. The quantitative estimate of drug-likeness (QED) is 0.560. The fourth-order valence-electron chi connectivity index (χ4n) is 2.31. The lowest BCUT2D eigenvalue weighted by atomic mass is 10.1. The van der Waals surface area contributed by atoms with E-state index in [2.05, 4.69) is 15.3 Å².